The molecular weight excluding hydrogens is 386 g/mol. The number of hydrogen-bond acceptors (Lipinski definition) is 6. The number of diazo groups is 2. The highest BCUT2D eigenvalue weighted by Crippen LogP contribution is 2.28. The van der Waals surface area contributed by atoms with Crippen LogP contribution in [0, 0.1) is 38.5 Å². The molecule has 2 aromatic carbocycles. The first-order valence-electron chi connectivity index (χ1n) is 9.08. The number of anilines is 2. The summed E-state index contributed by atoms with van der Waals surface area (Å²) < 4.78 is 9.89. The maximum atomic E-state index is 9.89. The summed E-state index contributed by atoms with van der Waals surface area (Å²) in [6.45, 7) is 7.87. The smallest absolute Gasteiger partial charge is 0.388 e. The zero-order chi connectivity index (χ0) is 23.6. The fourth-order valence-corrected chi connectivity index (χ4v) is 2.75. The van der Waals surface area contributed by atoms with Gasteiger partial charge in [0.1, 0.15) is 7.40 Å². The quantitative estimate of drug-likeness (QED) is 0.551. The van der Waals surface area contributed by atoms with Gasteiger partial charge in [-0.2, -0.15) is 0 Å². The minimum Gasteiger partial charge on any atom is -0.867 e. The Labute approximate surface area is 178 Å². The molecule has 30 heavy (non-hydrogen) atoms. The Morgan fingerprint density at radius 1 is 0.700 bits per heavy atom. The third-order valence-corrected chi connectivity index (χ3v) is 4.21. The number of nitrogens with zero attached hydrogens (tertiary/aromatic N) is 6. The molecule has 0 aromatic heterocycles. The van der Waals surface area contributed by atoms with Gasteiger partial charge in [0.15, 0.2) is 9.95 Å². The van der Waals surface area contributed by atoms with Gasteiger partial charge in [-0.05, 0) is 51.0 Å². The first kappa shape index (κ1) is 26.8. The fourth-order valence-electron chi connectivity index (χ4n) is 2.75. The Morgan fingerprint density at radius 2 is 0.967 bits per heavy atom. The van der Waals surface area contributed by atoms with Crippen LogP contribution in [0.15, 0.2) is 24.3 Å². The second-order valence-electron chi connectivity index (χ2n) is 7.11. The van der Waals surface area contributed by atoms with Gasteiger partial charge in [-0.1, -0.05) is 0 Å². The van der Waals surface area contributed by atoms with E-state index in [9.17, 15) is 4.32 Å². The lowest BCUT2D eigenvalue weighted by Gasteiger charge is -2.14. The van der Waals surface area contributed by atoms with Crippen LogP contribution in [0.25, 0.3) is 9.95 Å². The number of benzene rings is 2. The molecule has 0 saturated heterocycles. The molecule has 2 aromatic rings. The summed E-state index contributed by atoms with van der Waals surface area (Å²) in [7, 11) is 4.82. The molecule has 0 atom stereocenters. The molecule has 0 aliphatic heterocycles. The molecule has 0 N–H and O–H groups in total. The molecule has 8 nitrogen and oxygen atoms in total. The number of hydrogen-bond donors (Lipinski definition) is 0. The van der Waals surface area contributed by atoms with Gasteiger partial charge in [0.25, 0.3) is 0 Å². The highest BCUT2D eigenvalue weighted by Gasteiger charge is 2.14. The van der Waals surface area contributed by atoms with Gasteiger partial charge in [-0.15, -0.1) is 0 Å². The van der Waals surface area contributed by atoms with E-state index in [0.717, 1.165) is 33.6 Å². The average molecular weight is 414 g/mol. The van der Waals surface area contributed by atoms with Crippen LogP contribution >= 0.6 is 0 Å². The summed E-state index contributed by atoms with van der Waals surface area (Å²) in [6, 6.07) is 7.80. The van der Waals surface area contributed by atoms with Crippen LogP contribution in [0.2, 0.25) is 0 Å². The summed E-state index contributed by atoms with van der Waals surface area (Å²) in [5.41, 5.74) is 7.79. The van der Waals surface area contributed by atoms with E-state index in [1.54, 1.807) is 0 Å². The van der Waals surface area contributed by atoms with Crippen molar-refractivity contribution in [3.8, 4) is 0 Å². The Balaban J connectivity index is 0.000000477. The Bertz CT molecular complexity index is 860. The van der Waals surface area contributed by atoms with Crippen molar-refractivity contribution in [2.24, 2.45) is 0 Å². The Kier molecular flexibility index (Phi) is 11.1. The normalized spacial score (nSPS) is 9.10. The van der Waals surface area contributed by atoms with E-state index < -0.39 is 7.40 Å². The molecule has 10 heteroatoms. The van der Waals surface area contributed by atoms with Gasteiger partial charge < -0.3 is 24.2 Å². The summed E-state index contributed by atoms with van der Waals surface area (Å²) in [5.74, 6) is 0. The fraction of sp³-hybridized carbons (Fsp3) is 0.400. The topological polar surface area (TPSA) is 109 Å². The van der Waals surface area contributed by atoms with Crippen LogP contribution in [0.3, 0.4) is 0 Å². The Hall–Kier alpha value is -3.21. The molecule has 0 radical (unpaired) electrons. The van der Waals surface area contributed by atoms with Gasteiger partial charge in [0.05, 0.1) is 0 Å². The molecule has 0 heterocycles. The SMILES string of the molecule is Cc1cc(N(C)C)c(C)cc1[N+]#N.Cc1cc(N(C)C)c(C)cc1[N+]#N.[O-]B([O-])F. The molecule has 160 valence electrons. The second-order valence-corrected chi connectivity index (χ2v) is 7.11. The van der Waals surface area contributed by atoms with E-state index in [1.165, 1.54) is 0 Å². The second kappa shape index (κ2) is 12.4. The molecular formula is C20H28BFN6O2. The molecule has 0 aliphatic rings. The minimum atomic E-state index is -3.17. The number of aryl methyl sites for hydroxylation is 4. The maximum Gasteiger partial charge on any atom is 0.388 e. The van der Waals surface area contributed by atoms with Crippen LogP contribution in [-0.4, -0.2) is 35.6 Å². The van der Waals surface area contributed by atoms with Gasteiger partial charge in [-0.25, -0.2) is 0 Å². The van der Waals surface area contributed by atoms with Gasteiger partial charge >= 0.3 is 11.4 Å². The van der Waals surface area contributed by atoms with Crippen molar-refractivity contribution in [3.63, 3.8) is 0 Å². The molecule has 0 spiro atoms. The van der Waals surface area contributed by atoms with Gasteiger partial charge in [0, 0.05) is 62.8 Å². The molecule has 0 saturated carbocycles. The van der Waals surface area contributed by atoms with Gasteiger partial charge in [0.2, 0.25) is 10.8 Å². The van der Waals surface area contributed by atoms with E-state index in [0.29, 0.717) is 11.4 Å². The van der Waals surface area contributed by atoms with Crippen molar-refractivity contribution >= 4 is 30.1 Å². The van der Waals surface area contributed by atoms with E-state index in [4.69, 9.17) is 20.8 Å². The summed E-state index contributed by atoms with van der Waals surface area (Å²) in [6.07, 6.45) is 0. The number of rotatable bonds is 2. The van der Waals surface area contributed by atoms with Crippen molar-refractivity contribution in [2.45, 2.75) is 27.7 Å². The third kappa shape index (κ3) is 8.44. The van der Waals surface area contributed by atoms with Crippen molar-refractivity contribution < 1.29 is 14.4 Å². The van der Waals surface area contributed by atoms with Gasteiger partial charge in [-0.3, -0.25) is 0 Å². The monoisotopic (exact) mass is 414 g/mol. The van der Waals surface area contributed by atoms with Crippen LogP contribution in [0.5, 0.6) is 0 Å². The zero-order valence-electron chi connectivity index (χ0n) is 18.8. The van der Waals surface area contributed by atoms with Crippen molar-refractivity contribution in [1.29, 1.82) is 10.8 Å². The predicted octanol–water partition coefficient (Wildman–Crippen LogP) is 3.37. The highest BCUT2D eigenvalue weighted by atomic mass is 19.1. The lowest BCUT2D eigenvalue weighted by molar-refractivity contribution is -0.366. The van der Waals surface area contributed by atoms with Crippen LogP contribution in [0.4, 0.5) is 27.1 Å². The van der Waals surface area contributed by atoms with Crippen molar-refractivity contribution in [1.82, 2.24) is 0 Å². The standard InChI is InChI=1S/2C10H14N3.BFO2/c2*1-7-6-10(13(3)4)8(2)5-9(7)12-11;2-1(3)4/h2*5-6H,1-4H3;/q2*+1;-2. The summed E-state index contributed by atoms with van der Waals surface area (Å²) >= 11 is 0. The molecule has 2 rings (SSSR count). The van der Waals surface area contributed by atoms with E-state index in [-0.39, 0.29) is 0 Å². The van der Waals surface area contributed by atoms with Crippen LogP contribution < -0.4 is 19.8 Å². The first-order valence-corrected chi connectivity index (χ1v) is 9.08. The molecule has 0 fully saturated rings. The molecule has 0 amide bonds. The zero-order valence-corrected chi connectivity index (χ0v) is 18.8. The lowest BCUT2D eigenvalue weighted by atomic mass is 10.1. The largest absolute Gasteiger partial charge is 0.867 e. The summed E-state index contributed by atoms with van der Waals surface area (Å²) in [4.78, 5) is 10.5. The average Bonchev–Trinajstić information content (AvgIpc) is 2.64. The van der Waals surface area contributed by atoms with E-state index in [2.05, 4.69) is 9.95 Å². The molecule has 0 unspecified atom stereocenters. The lowest BCUT2D eigenvalue weighted by Crippen LogP contribution is -2.39. The van der Waals surface area contributed by atoms with E-state index >= 15 is 0 Å². The van der Waals surface area contributed by atoms with Crippen molar-refractivity contribution in [3.05, 3.63) is 56.5 Å². The molecule has 0 aliphatic carbocycles. The summed E-state index contributed by atoms with van der Waals surface area (Å²) in [5, 5.41) is 34.0. The minimum absolute atomic E-state index is 0.642. The van der Waals surface area contributed by atoms with Crippen molar-refractivity contribution in [2.75, 3.05) is 38.0 Å². The predicted molar refractivity (Wildman–Crippen MR) is 117 cm³/mol. The molecule has 0 bridgehead atoms. The third-order valence-electron chi connectivity index (χ3n) is 4.21. The van der Waals surface area contributed by atoms with Crippen LogP contribution in [-0.2, 0) is 0 Å². The number of halogens is 1. The van der Waals surface area contributed by atoms with E-state index in [1.807, 2.05) is 90.0 Å². The highest BCUT2D eigenvalue weighted by molar-refractivity contribution is 6.27. The van der Waals surface area contributed by atoms with Crippen LogP contribution in [0.1, 0.15) is 22.3 Å². The Morgan fingerprint density at radius 3 is 1.17 bits per heavy atom. The maximum absolute atomic E-state index is 9.89. The first-order chi connectivity index (χ1) is 13.8.